The molecule has 392 valence electrons. The Hall–Kier alpha value is -1.79. The van der Waals surface area contributed by atoms with E-state index in [9.17, 15) is 45.6 Å². The normalized spacial score (nSPS) is 26.8. The molecule has 2 fully saturated rings. The second kappa shape index (κ2) is 39.9. The Kier molecular flexibility index (Phi) is 36.5. The molecule has 0 aromatic rings. The van der Waals surface area contributed by atoms with E-state index in [4.69, 9.17) is 18.9 Å². The van der Waals surface area contributed by atoms with Crippen LogP contribution >= 0.6 is 0 Å². The Bertz CT molecular complexity index is 1270. The molecule has 2 aliphatic rings. The maximum atomic E-state index is 13.2. The predicted molar refractivity (Wildman–Crippen MR) is 263 cm³/mol. The monoisotopic (exact) mass is 956 g/mol. The summed E-state index contributed by atoms with van der Waals surface area (Å²) in [6, 6.07) is -0.933. The van der Waals surface area contributed by atoms with Crippen molar-refractivity contribution in [3.8, 4) is 0 Å². The third-order valence-electron chi connectivity index (χ3n) is 13.0. The fraction of sp³-hybridized carbons (Fsp3) is 0.868. The van der Waals surface area contributed by atoms with Gasteiger partial charge in [0, 0.05) is 6.42 Å². The van der Waals surface area contributed by atoms with Crippen LogP contribution in [0.15, 0.2) is 36.5 Å². The summed E-state index contributed by atoms with van der Waals surface area (Å²) < 4.78 is 22.7. The third-order valence-corrected chi connectivity index (χ3v) is 13.0. The molecule has 0 radical (unpaired) electrons. The number of hydrogen-bond acceptors (Lipinski definition) is 13. The van der Waals surface area contributed by atoms with Gasteiger partial charge in [-0.05, 0) is 57.8 Å². The van der Waals surface area contributed by atoms with E-state index in [0.717, 1.165) is 51.4 Å². The molecule has 0 bridgehead atoms. The number of hydrogen-bond donors (Lipinski definition) is 9. The molecule has 1 amide bonds. The average Bonchev–Trinajstić information content (AvgIpc) is 3.32. The van der Waals surface area contributed by atoms with Gasteiger partial charge in [-0.1, -0.05) is 172 Å². The molecule has 0 aromatic carbocycles. The fourth-order valence-corrected chi connectivity index (χ4v) is 8.65. The lowest BCUT2D eigenvalue weighted by molar-refractivity contribution is -0.359. The summed E-state index contributed by atoms with van der Waals surface area (Å²) in [5, 5.41) is 86.8. The molecular weight excluding hydrogens is 859 g/mol. The van der Waals surface area contributed by atoms with Crippen LogP contribution in [0.4, 0.5) is 0 Å². The number of amides is 1. The smallest absolute Gasteiger partial charge is 0.220 e. The first-order chi connectivity index (χ1) is 32.6. The van der Waals surface area contributed by atoms with Crippen LogP contribution in [0.25, 0.3) is 0 Å². The molecule has 9 N–H and O–H groups in total. The van der Waals surface area contributed by atoms with Crippen molar-refractivity contribution in [1.82, 2.24) is 5.32 Å². The van der Waals surface area contributed by atoms with Crippen molar-refractivity contribution >= 4 is 5.91 Å². The van der Waals surface area contributed by atoms with Crippen molar-refractivity contribution < 1.29 is 64.6 Å². The van der Waals surface area contributed by atoms with Crippen molar-refractivity contribution in [2.45, 2.75) is 274 Å². The predicted octanol–water partition coefficient (Wildman–Crippen LogP) is 7.49. The molecule has 0 spiro atoms. The summed E-state index contributed by atoms with van der Waals surface area (Å²) in [6.45, 7) is 2.75. The highest BCUT2D eigenvalue weighted by molar-refractivity contribution is 5.76. The molecule has 2 aliphatic heterocycles. The summed E-state index contributed by atoms with van der Waals surface area (Å²) in [4.78, 5) is 13.2. The number of aliphatic hydroxyl groups excluding tert-OH is 8. The lowest BCUT2D eigenvalue weighted by Crippen LogP contribution is -2.65. The highest BCUT2D eigenvalue weighted by Gasteiger charge is 2.51. The van der Waals surface area contributed by atoms with E-state index in [2.05, 4.69) is 43.5 Å². The van der Waals surface area contributed by atoms with Crippen molar-refractivity contribution in [3.05, 3.63) is 36.5 Å². The minimum Gasteiger partial charge on any atom is -0.394 e. The van der Waals surface area contributed by atoms with Crippen LogP contribution in [-0.4, -0.2) is 140 Å². The molecule has 0 aromatic heterocycles. The number of carbonyl (C=O) groups is 1. The maximum absolute atomic E-state index is 13.2. The van der Waals surface area contributed by atoms with Crippen LogP contribution in [0.5, 0.6) is 0 Å². The van der Waals surface area contributed by atoms with E-state index in [1.807, 2.05) is 6.08 Å². The molecule has 67 heavy (non-hydrogen) atoms. The van der Waals surface area contributed by atoms with Crippen LogP contribution < -0.4 is 5.32 Å². The third kappa shape index (κ3) is 26.8. The Morgan fingerprint density at radius 1 is 0.522 bits per heavy atom. The minimum absolute atomic E-state index is 0.259. The van der Waals surface area contributed by atoms with E-state index >= 15 is 0 Å². The maximum Gasteiger partial charge on any atom is 0.220 e. The van der Waals surface area contributed by atoms with Gasteiger partial charge in [0.2, 0.25) is 5.91 Å². The van der Waals surface area contributed by atoms with Gasteiger partial charge in [-0.15, -0.1) is 0 Å². The topological polar surface area (TPSA) is 228 Å². The molecule has 2 heterocycles. The average molecular weight is 956 g/mol. The van der Waals surface area contributed by atoms with Crippen LogP contribution in [0.3, 0.4) is 0 Å². The van der Waals surface area contributed by atoms with Gasteiger partial charge < -0.3 is 65.1 Å². The molecule has 14 heteroatoms. The van der Waals surface area contributed by atoms with Gasteiger partial charge in [0.15, 0.2) is 12.6 Å². The Balaban J connectivity index is 1.85. The summed E-state index contributed by atoms with van der Waals surface area (Å²) in [7, 11) is 0. The molecular formula is C53H97NO13. The first kappa shape index (κ1) is 61.3. The lowest BCUT2D eigenvalue weighted by Gasteiger charge is -2.46. The number of aliphatic hydroxyl groups is 8. The fourth-order valence-electron chi connectivity index (χ4n) is 8.65. The Morgan fingerprint density at radius 3 is 1.46 bits per heavy atom. The Labute approximate surface area is 404 Å². The molecule has 14 nitrogen and oxygen atoms in total. The highest BCUT2D eigenvalue weighted by Crippen LogP contribution is 2.30. The van der Waals surface area contributed by atoms with Gasteiger partial charge >= 0.3 is 0 Å². The van der Waals surface area contributed by atoms with E-state index in [1.54, 1.807) is 6.08 Å². The Morgan fingerprint density at radius 2 is 0.955 bits per heavy atom. The van der Waals surface area contributed by atoms with Gasteiger partial charge in [-0.3, -0.25) is 4.79 Å². The van der Waals surface area contributed by atoms with Crippen LogP contribution in [-0.2, 0) is 23.7 Å². The second-order valence-electron chi connectivity index (χ2n) is 19.0. The number of carbonyl (C=O) groups excluding carboxylic acids is 1. The quantitative estimate of drug-likeness (QED) is 0.0214. The number of unbranched alkanes of at least 4 members (excludes halogenated alkanes) is 24. The van der Waals surface area contributed by atoms with E-state index < -0.39 is 86.8 Å². The van der Waals surface area contributed by atoms with Gasteiger partial charge in [-0.25, -0.2) is 0 Å². The van der Waals surface area contributed by atoms with Crippen molar-refractivity contribution in [3.63, 3.8) is 0 Å². The first-order valence-corrected chi connectivity index (χ1v) is 26.7. The van der Waals surface area contributed by atoms with Crippen molar-refractivity contribution in [2.75, 3.05) is 19.8 Å². The van der Waals surface area contributed by atoms with Crippen LogP contribution in [0.2, 0.25) is 0 Å². The zero-order valence-corrected chi connectivity index (χ0v) is 41.6. The van der Waals surface area contributed by atoms with Gasteiger partial charge in [0.1, 0.15) is 48.8 Å². The van der Waals surface area contributed by atoms with Gasteiger partial charge in [0.05, 0.1) is 32.0 Å². The zero-order valence-electron chi connectivity index (χ0n) is 41.6. The number of rotatable bonds is 41. The molecule has 0 saturated carbocycles. The minimum atomic E-state index is -1.79. The molecule has 0 aliphatic carbocycles. The molecule has 2 rings (SSSR count). The van der Waals surface area contributed by atoms with Crippen LogP contribution in [0.1, 0.15) is 200 Å². The molecule has 12 atom stereocenters. The highest BCUT2D eigenvalue weighted by atomic mass is 16.7. The van der Waals surface area contributed by atoms with Gasteiger partial charge in [-0.2, -0.15) is 0 Å². The van der Waals surface area contributed by atoms with Crippen LogP contribution in [0, 0.1) is 0 Å². The molecule has 2 saturated heterocycles. The number of nitrogens with one attached hydrogen (secondary N) is 1. The lowest BCUT2D eigenvalue weighted by atomic mass is 9.97. The van der Waals surface area contributed by atoms with E-state index in [-0.39, 0.29) is 18.9 Å². The van der Waals surface area contributed by atoms with Gasteiger partial charge in [0.25, 0.3) is 0 Å². The SMILES string of the molecule is CCCCCCC/C=C\CCCCCCCC(=O)NC(COC1OC(CO)C(OC2OC(CO)C(O)C(O)C2O)C(O)C1O)C(O)/C=C/CC/C=C/CCCCCCCCCCCCCCC. The van der Waals surface area contributed by atoms with E-state index in [0.29, 0.717) is 12.8 Å². The summed E-state index contributed by atoms with van der Waals surface area (Å²) in [5.41, 5.74) is 0. The molecule has 12 unspecified atom stereocenters. The number of allylic oxidation sites excluding steroid dienone is 5. The largest absolute Gasteiger partial charge is 0.394 e. The van der Waals surface area contributed by atoms with E-state index in [1.165, 1.54) is 116 Å². The first-order valence-electron chi connectivity index (χ1n) is 26.7. The van der Waals surface area contributed by atoms with Crippen molar-refractivity contribution in [1.29, 1.82) is 0 Å². The second-order valence-corrected chi connectivity index (χ2v) is 19.0. The zero-order chi connectivity index (χ0) is 48.9. The standard InChI is InChI=1S/C53H97NO13/c1-3-5-7-9-11-13-15-17-19-20-21-22-23-24-26-28-30-32-34-36-42(57)41(54-45(58)37-35-33-31-29-27-25-18-16-14-12-10-8-6-4-2)40-64-52-50(63)48(61)51(44(39-56)66-52)67-53-49(62)47(60)46(59)43(38-55)65-53/h16,18,26,28,34,36,41-44,46-53,55-57,59-63H,3-15,17,19-25,27,29-33,35,37-40H2,1-2H3,(H,54,58)/b18-16-,28-26+,36-34+. The summed E-state index contributed by atoms with van der Waals surface area (Å²) in [5.74, 6) is -0.259. The summed E-state index contributed by atoms with van der Waals surface area (Å²) >= 11 is 0. The van der Waals surface area contributed by atoms with Crippen molar-refractivity contribution in [2.24, 2.45) is 0 Å². The number of ether oxygens (including phenoxy) is 4. The summed E-state index contributed by atoms with van der Waals surface area (Å²) in [6.07, 6.45) is 29.0.